The van der Waals surface area contributed by atoms with E-state index in [2.05, 4.69) is 10.4 Å². The van der Waals surface area contributed by atoms with Crippen molar-refractivity contribution in [3.63, 3.8) is 0 Å². The molecule has 7 nitrogen and oxygen atoms in total. The van der Waals surface area contributed by atoms with Crippen LogP contribution in [0.15, 0.2) is 12.3 Å². The Labute approximate surface area is 111 Å². The monoisotopic (exact) mass is 295 g/mol. The van der Waals surface area contributed by atoms with E-state index in [0.29, 0.717) is 6.07 Å². The minimum absolute atomic E-state index is 0.200. The topological polar surface area (TPSA) is 104 Å². The third-order valence-electron chi connectivity index (χ3n) is 2.29. The normalized spacial score (nSPS) is 13.0. The number of rotatable bonds is 6. The van der Waals surface area contributed by atoms with E-state index < -0.39 is 42.9 Å². The van der Waals surface area contributed by atoms with Crippen LogP contribution in [-0.4, -0.2) is 44.5 Å². The van der Waals surface area contributed by atoms with Crippen LogP contribution in [0.25, 0.3) is 0 Å². The van der Waals surface area contributed by atoms with Crippen molar-refractivity contribution in [1.82, 2.24) is 15.1 Å². The molecular formula is C10H12F3N3O4. The van der Waals surface area contributed by atoms with E-state index in [1.54, 1.807) is 0 Å². The van der Waals surface area contributed by atoms with E-state index in [9.17, 15) is 22.8 Å². The molecule has 20 heavy (non-hydrogen) atoms. The van der Waals surface area contributed by atoms with Crippen molar-refractivity contribution in [2.45, 2.75) is 25.2 Å². The number of aliphatic carboxylic acids is 1. The zero-order chi connectivity index (χ0) is 15.3. The maximum atomic E-state index is 12.3. The van der Waals surface area contributed by atoms with Crippen LogP contribution in [0.2, 0.25) is 0 Å². The summed E-state index contributed by atoms with van der Waals surface area (Å²) in [5.41, 5.74) is -1.14. The predicted molar refractivity (Wildman–Crippen MR) is 58.5 cm³/mol. The van der Waals surface area contributed by atoms with E-state index in [0.717, 1.165) is 10.9 Å². The third-order valence-corrected chi connectivity index (χ3v) is 2.29. The van der Waals surface area contributed by atoms with Gasteiger partial charge in [-0.3, -0.25) is 9.48 Å². The Kier molecular flexibility index (Phi) is 5.08. The quantitative estimate of drug-likeness (QED) is 0.677. The van der Waals surface area contributed by atoms with Crippen LogP contribution in [0.5, 0.6) is 0 Å². The first kappa shape index (κ1) is 16.0. The molecule has 0 radical (unpaired) electrons. The van der Waals surface area contributed by atoms with Gasteiger partial charge in [0.2, 0.25) is 5.91 Å². The minimum Gasteiger partial charge on any atom is -0.480 e. The van der Waals surface area contributed by atoms with Crippen molar-refractivity contribution in [2.75, 3.05) is 6.61 Å². The molecule has 1 amide bonds. The number of aliphatic hydroxyl groups is 1. The van der Waals surface area contributed by atoms with Gasteiger partial charge in [-0.05, 0) is 6.07 Å². The van der Waals surface area contributed by atoms with Crippen LogP contribution in [0.4, 0.5) is 13.2 Å². The Hall–Kier alpha value is -2.10. The number of aromatic nitrogens is 2. The smallest absolute Gasteiger partial charge is 0.435 e. The fourth-order valence-corrected chi connectivity index (χ4v) is 1.37. The van der Waals surface area contributed by atoms with Gasteiger partial charge in [0.15, 0.2) is 5.69 Å². The Morgan fingerprint density at radius 2 is 2.10 bits per heavy atom. The van der Waals surface area contributed by atoms with E-state index in [1.807, 2.05) is 0 Å². The lowest BCUT2D eigenvalue weighted by Gasteiger charge is -2.13. The molecule has 0 aliphatic carbocycles. The minimum atomic E-state index is -4.61. The summed E-state index contributed by atoms with van der Waals surface area (Å²) >= 11 is 0. The van der Waals surface area contributed by atoms with Crippen molar-refractivity contribution in [3.8, 4) is 0 Å². The second-order valence-corrected chi connectivity index (χ2v) is 3.87. The van der Waals surface area contributed by atoms with Crippen molar-refractivity contribution < 1.29 is 33.0 Å². The van der Waals surface area contributed by atoms with Crippen molar-refractivity contribution in [1.29, 1.82) is 0 Å². The molecule has 0 aliphatic rings. The van der Waals surface area contributed by atoms with E-state index in [4.69, 9.17) is 10.2 Å². The third kappa shape index (κ3) is 4.53. The molecule has 112 valence electrons. The molecule has 0 spiro atoms. The molecule has 0 bridgehead atoms. The van der Waals surface area contributed by atoms with E-state index in [-0.39, 0.29) is 6.42 Å². The first-order valence-corrected chi connectivity index (χ1v) is 5.47. The Morgan fingerprint density at radius 3 is 2.55 bits per heavy atom. The number of halogens is 3. The maximum Gasteiger partial charge on any atom is 0.435 e. The summed E-state index contributed by atoms with van der Waals surface area (Å²) in [6.45, 7) is -0.997. The second-order valence-electron chi connectivity index (χ2n) is 3.87. The largest absolute Gasteiger partial charge is 0.480 e. The number of hydrogen-bond donors (Lipinski definition) is 3. The van der Waals surface area contributed by atoms with Gasteiger partial charge in [-0.25, -0.2) is 4.79 Å². The first-order chi connectivity index (χ1) is 9.24. The SMILES string of the molecule is O=C(Cn1ccc(C(F)(F)F)n1)N[C@@H](CCO)C(=O)O. The summed E-state index contributed by atoms with van der Waals surface area (Å²) in [6.07, 6.45) is -3.85. The highest BCUT2D eigenvalue weighted by Crippen LogP contribution is 2.27. The van der Waals surface area contributed by atoms with E-state index >= 15 is 0 Å². The number of nitrogens with zero attached hydrogens (tertiary/aromatic N) is 2. The molecule has 1 rings (SSSR count). The lowest BCUT2D eigenvalue weighted by atomic mass is 10.2. The summed E-state index contributed by atoms with van der Waals surface area (Å²) in [5, 5.41) is 22.6. The van der Waals surface area contributed by atoms with Gasteiger partial charge >= 0.3 is 12.1 Å². The molecular weight excluding hydrogens is 283 g/mol. The molecule has 1 atom stereocenters. The van der Waals surface area contributed by atoms with Gasteiger partial charge in [0.05, 0.1) is 0 Å². The van der Waals surface area contributed by atoms with Crippen molar-refractivity contribution >= 4 is 11.9 Å². The van der Waals surface area contributed by atoms with Gasteiger partial charge in [0, 0.05) is 19.2 Å². The highest BCUT2D eigenvalue weighted by molar-refractivity contribution is 5.83. The molecule has 3 N–H and O–H groups in total. The molecule has 1 aromatic rings. The van der Waals surface area contributed by atoms with Crippen LogP contribution in [0, 0.1) is 0 Å². The number of nitrogens with one attached hydrogen (secondary N) is 1. The number of carboxylic acid groups (broad SMARTS) is 1. The highest BCUT2D eigenvalue weighted by Gasteiger charge is 2.33. The number of amides is 1. The lowest BCUT2D eigenvalue weighted by molar-refractivity contribution is -0.142. The molecule has 0 saturated carbocycles. The fourth-order valence-electron chi connectivity index (χ4n) is 1.37. The molecule has 0 fully saturated rings. The first-order valence-electron chi connectivity index (χ1n) is 5.47. The van der Waals surface area contributed by atoms with Crippen LogP contribution in [0.3, 0.4) is 0 Å². The molecule has 0 aliphatic heterocycles. The summed E-state index contributed by atoms with van der Waals surface area (Å²) in [6, 6.07) is -0.597. The Balaban J connectivity index is 2.62. The van der Waals surface area contributed by atoms with Gasteiger partial charge < -0.3 is 15.5 Å². The summed E-state index contributed by atoms with van der Waals surface area (Å²) in [5.74, 6) is -2.16. The van der Waals surface area contributed by atoms with Crippen molar-refractivity contribution in [2.24, 2.45) is 0 Å². The fraction of sp³-hybridized carbons (Fsp3) is 0.500. The van der Waals surface area contributed by atoms with Crippen LogP contribution in [0.1, 0.15) is 12.1 Å². The molecule has 1 aromatic heterocycles. The predicted octanol–water partition coefficient (Wildman–Crippen LogP) is -0.146. The summed E-state index contributed by atoms with van der Waals surface area (Å²) < 4.78 is 37.6. The zero-order valence-corrected chi connectivity index (χ0v) is 10.1. The number of carbonyl (C=O) groups is 2. The average molecular weight is 295 g/mol. The lowest BCUT2D eigenvalue weighted by Crippen LogP contribution is -2.42. The van der Waals surface area contributed by atoms with Gasteiger partial charge in [-0.2, -0.15) is 18.3 Å². The second kappa shape index (κ2) is 6.37. The van der Waals surface area contributed by atoms with Crippen LogP contribution < -0.4 is 5.32 Å². The maximum absolute atomic E-state index is 12.3. The van der Waals surface area contributed by atoms with Gasteiger partial charge in [-0.15, -0.1) is 0 Å². The highest BCUT2D eigenvalue weighted by atomic mass is 19.4. The number of hydrogen-bond acceptors (Lipinski definition) is 4. The Morgan fingerprint density at radius 1 is 1.45 bits per heavy atom. The number of carbonyl (C=O) groups excluding carboxylic acids is 1. The summed E-state index contributed by atoms with van der Waals surface area (Å²) in [7, 11) is 0. The molecule has 0 saturated heterocycles. The number of alkyl halides is 3. The number of carboxylic acids is 1. The molecule has 1 heterocycles. The van der Waals surface area contributed by atoms with E-state index in [1.165, 1.54) is 0 Å². The van der Waals surface area contributed by atoms with Crippen LogP contribution in [-0.2, 0) is 22.3 Å². The average Bonchev–Trinajstić information content (AvgIpc) is 2.76. The van der Waals surface area contributed by atoms with Crippen molar-refractivity contribution in [3.05, 3.63) is 18.0 Å². The molecule has 0 aromatic carbocycles. The van der Waals surface area contributed by atoms with Gasteiger partial charge in [0.1, 0.15) is 12.6 Å². The van der Waals surface area contributed by atoms with Gasteiger partial charge in [0.25, 0.3) is 0 Å². The summed E-state index contributed by atoms with van der Waals surface area (Å²) in [4.78, 5) is 22.2. The van der Waals surface area contributed by atoms with Gasteiger partial charge in [-0.1, -0.05) is 0 Å². The molecule has 0 unspecified atom stereocenters. The zero-order valence-electron chi connectivity index (χ0n) is 10.1. The van der Waals surface area contributed by atoms with Crippen LogP contribution >= 0.6 is 0 Å². The number of aliphatic hydroxyl groups excluding tert-OH is 1. The Bertz CT molecular complexity index is 486. The molecule has 10 heteroatoms. The standard InChI is InChI=1S/C10H12F3N3O4/c11-10(12,13)7-1-3-16(15-7)5-8(18)14-6(2-4-17)9(19)20/h1,3,6,17H,2,4-5H2,(H,14,18)(H,19,20)/t6-/m0/s1.